The van der Waals surface area contributed by atoms with E-state index in [1.807, 2.05) is 64.1 Å². The van der Waals surface area contributed by atoms with Crippen LogP contribution in [0.25, 0.3) is 0 Å². The van der Waals surface area contributed by atoms with Crippen LogP contribution in [-0.2, 0) is 19.1 Å². The van der Waals surface area contributed by atoms with Crippen LogP contribution in [-0.4, -0.2) is 68.5 Å². The molecular formula is C26H35N5O5. The van der Waals surface area contributed by atoms with Crippen LogP contribution >= 0.6 is 0 Å². The van der Waals surface area contributed by atoms with Crippen molar-refractivity contribution in [1.82, 2.24) is 15.5 Å². The van der Waals surface area contributed by atoms with Gasteiger partial charge in [-0.05, 0) is 49.9 Å². The number of para-hydroxylation sites is 2. The van der Waals surface area contributed by atoms with Crippen LogP contribution in [0, 0.1) is 27.7 Å². The molecule has 194 valence electrons. The lowest BCUT2D eigenvalue weighted by Crippen LogP contribution is -2.48. The molecule has 5 amide bonds. The first-order chi connectivity index (χ1) is 17.1. The summed E-state index contributed by atoms with van der Waals surface area (Å²) in [4.78, 5) is 51.5. The van der Waals surface area contributed by atoms with Crippen LogP contribution in [0.1, 0.15) is 22.3 Å². The topological polar surface area (TPSA) is 129 Å². The number of amides is 5. The Morgan fingerprint density at radius 3 is 1.56 bits per heavy atom. The molecule has 4 N–H and O–H groups in total. The van der Waals surface area contributed by atoms with E-state index in [4.69, 9.17) is 4.74 Å². The van der Waals surface area contributed by atoms with Crippen molar-refractivity contribution < 1.29 is 23.9 Å². The fourth-order valence-electron chi connectivity index (χ4n) is 3.64. The summed E-state index contributed by atoms with van der Waals surface area (Å²) in [6.45, 7) is 7.27. The van der Waals surface area contributed by atoms with Gasteiger partial charge in [0.15, 0.2) is 0 Å². The summed E-state index contributed by atoms with van der Waals surface area (Å²) in [6, 6.07) is 10.6. The number of rotatable bonds is 11. The zero-order valence-corrected chi connectivity index (χ0v) is 21.5. The van der Waals surface area contributed by atoms with Crippen LogP contribution in [0.15, 0.2) is 36.4 Å². The maximum Gasteiger partial charge on any atom is 0.321 e. The smallest absolute Gasteiger partial charge is 0.321 e. The number of carbonyl (C=O) groups is 4. The van der Waals surface area contributed by atoms with E-state index >= 15 is 0 Å². The molecule has 0 atom stereocenters. The second kappa shape index (κ2) is 14.0. The van der Waals surface area contributed by atoms with Gasteiger partial charge < -0.3 is 20.7 Å². The van der Waals surface area contributed by atoms with E-state index in [0.717, 1.165) is 22.3 Å². The molecule has 0 heterocycles. The fraction of sp³-hybridized carbons (Fsp3) is 0.385. The van der Waals surface area contributed by atoms with Crippen LogP contribution in [0.3, 0.4) is 0 Å². The molecule has 0 saturated carbocycles. The van der Waals surface area contributed by atoms with Gasteiger partial charge in [-0.1, -0.05) is 36.4 Å². The average molecular weight is 498 g/mol. The largest absolute Gasteiger partial charge is 0.383 e. The zero-order chi connectivity index (χ0) is 26.7. The minimum Gasteiger partial charge on any atom is -0.383 e. The summed E-state index contributed by atoms with van der Waals surface area (Å²) < 4.78 is 4.86. The maximum absolute atomic E-state index is 12.8. The SMILES string of the molecule is COCCNC(=O)NC(=O)CN(CC(=O)Nc1c(C)cccc1C)CC(=O)Nc1c(C)cccc1C. The molecule has 2 aromatic rings. The normalized spacial score (nSPS) is 10.6. The summed E-state index contributed by atoms with van der Waals surface area (Å²) in [7, 11) is 1.50. The summed E-state index contributed by atoms with van der Waals surface area (Å²) in [5.74, 6) is -1.42. The van der Waals surface area contributed by atoms with Crippen molar-refractivity contribution in [1.29, 1.82) is 0 Å². The second-order valence-corrected chi connectivity index (χ2v) is 8.57. The standard InChI is InChI=1S/C26H35N5O5/c1-17-8-6-9-18(2)24(17)28-21(32)14-31(16-23(34)30-26(35)27-12-13-36-5)15-22(33)29-25-19(3)10-7-11-20(25)4/h6-11H,12-16H2,1-5H3,(H,28,32)(H,29,33)(H2,27,30,34,35). The summed E-state index contributed by atoms with van der Waals surface area (Å²) in [5.41, 5.74) is 4.95. The predicted octanol–water partition coefficient (Wildman–Crippen LogP) is 2.27. The maximum atomic E-state index is 12.8. The van der Waals surface area contributed by atoms with Crippen molar-refractivity contribution in [3.8, 4) is 0 Å². The molecule has 0 aromatic heterocycles. The van der Waals surface area contributed by atoms with E-state index in [0.29, 0.717) is 18.0 Å². The number of imide groups is 1. The monoisotopic (exact) mass is 497 g/mol. The Bertz CT molecular complexity index is 994. The zero-order valence-electron chi connectivity index (χ0n) is 21.5. The lowest BCUT2D eigenvalue weighted by molar-refractivity contribution is -0.124. The van der Waals surface area contributed by atoms with Gasteiger partial charge in [-0.15, -0.1) is 0 Å². The van der Waals surface area contributed by atoms with Crippen molar-refractivity contribution in [3.05, 3.63) is 58.7 Å². The van der Waals surface area contributed by atoms with Crippen molar-refractivity contribution >= 4 is 35.1 Å². The fourth-order valence-corrected chi connectivity index (χ4v) is 3.64. The van der Waals surface area contributed by atoms with E-state index in [9.17, 15) is 19.2 Å². The molecule has 0 fully saturated rings. The molecule has 2 aromatic carbocycles. The summed E-state index contributed by atoms with van der Waals surface area (Å²) >= 11 is 0. The van der Waals surface area contributed by atoms with Gasteiger partial charge in [0.1, 0.15) is 0 Å². The van der Waals surface area contributed by atoms with Crippen molar-refractivity contribution in [2.24, 2.45) is 0 Å². The molecule has 0 aliphatic rings. The Labute approximate surface area is 211 Å². The molecule has 0 unspecified atom stereocenters. The number of anilines is 2. The quantitative estimate of drug-likeness (QED) is 0.353. The number of aryl methyl sites for hydroxylation is 4. The molecule has 0 aliphatic carbocycles. The molecule has 2 rings (SSSR count). The molecule has 0 saturated heterocycles. The van der Waals surface area contributed by atoms with Crippen LogP contribution in [0.2, 0.25) is 0 Å². The van der Waals surface area contributed by atoms with Gasteiger partial charge >= 0.3 is 6.03 Å². The van der Waals surface area contributed by atoms with E-state index in [-0.39, 0.29) is 38.0 Å². The number of hydrogen-bond donors (Lipinski definition) is 4. The number of methoxy groups -OCH3 is 1. The third-order valence-electron chi connectivity index (χ3n) is 5.44. The Morgan fingerprint density at radius 1 is 0.722 bits per heavy atom. The molecule has 0 radical (unpaired) electrons. The first-order valence-electron chi connectivity index (χ1n) is 11.6. The Hall–Kier alpha value is -3.76. The number of nitrogens with zero attached hydrogens (tertiary/aromatic N) is 1. The number of ether oxygens (including phenoxy) is 1. The van der Waals surface area contributed by atoms with Crippen molar-refractivity contribution in [2.45, 2.75) is 27.7 Å². The Kier molecular flexibility index (Phi) is 11.0. The van der Waals surface area contributed by atoms with Gasteiger partial charge in [0.25, 0.3) is 0 Å². The molecular weight excluding hydrogens is 462 g/mol. The molecule has 10 heteroatoms. The van der Waals surface area contributed by atoms with E-state index in [1.54, 1.807) is 0 Å². The third-order valence-corrected chi connectivity index (χ3v) is 5.44. The highest BCUT2D eigenvalue weighted by atomic mass is 16.5. The second-order valence-electron chi connectivity index (χ2n) is 8.57. The van der Waals surface area contributed by atoms with Crippen molar-refractivity contribution in [3.63, 3.8) is 0 Å². The number of nitrogens with one attached hydrogen (secondary N) is 4. The molecule has 0 aliphatic heterocycles. The minimum absolute atomic E-state index is 0.230. The van der Waals surface area contributed by atoms with Gasteiger partial charge in [-0.25, -0.2) is 4.79 Å². The molecule has 0 spiro atoms. The summed E-state index contributed by atoms with van der Waals surface area (Å²) in [6.07, 6.45) is 0. The highest BCUT2D eigenvalue weighted by Gasteiger charge is 2.20. The van der Waals surface area contributed by atoms with Crippen LogP contribution in [0.4, 0.5) is 16.2 Å². The van der Waals surface area contributed by atoms with Crippen molar-refractivity contribution in [2.75, 3.05) is 50.5 Å². The van der Waals surface area contributed by atoms with Crippen LogP contribution < -0.4 is 21.3 Å². The Balaban J connectivity index is 2.10. The van der Waals surface area contributed by atoms with E-state index in [2.05, 4.69) is 21.3 Å². The lowest BCUT2D eigenvalue weighted by Gasteiger charge is -2.22. The number of carbonyl (C=O) groups excluding carboxylic acids is 4. The predicted molar refractivity (Wildman–Crippen MR) is 139 cm³/mol. The van der Waals surface area contributed by atoms with Gasteiger partial charge in [-0.2, -0.15) is 0 Å². The van der Waals surface area contributed by atoms with Gasteiger partial charge in [0.2, 0.25) is 17.7 Å². The van der Waals surface area contributed by atoms with Crippen LogP contribution in [0.5, 0.6) is 0 Å². The van der Waals surface area contributed by atoms with Gasteiger partial charge in [0.05, 0.1) is 26.2 Å². The lowest BCUT2D eigenvalue weighted by atomic mass is 10.1. The van der Waals surface area contributed by atoms with Gasteiger partial charge in [0, 0.05) is 25.0 Å². The number of benzene rings is 2. The molecule has 0 bridgehead atoms. The number of urea groups is 1. The minimum atomic E-state index is -0.683. The Morgan fingerprint density at radius 2 is 1.14 bits per heavy atom. The average Bonchev–Trinajstić information content (AvgIpc) is 2.79. The molecule has 36 heavy (non-hydrogen) atoms. The highest BCUT2D eigenvalue weighted by molar-refractivity contribution is 5.98. The molecule has 10 nitrogen and oxygen atoms in total. The number of hydrogen-bond acceptors (Lipinski definition) is 6. The highest BCUT2D eigenvalue weighted by Crippen LogP contribution is 2.20. The van der Waals surface area contributed by atoms with E-state index < -0.39 is 11.9 Å². The van der Waals surface area contributed by atoms with Gasteiger partial charge in [-0.3, -0.25) is 24.6 Å². The first kappa shape index (κ1) is 28.5. The third kappa shape index (κ3) is 9.12. The van der Waals surface area contributed by atoms with E-state index in [1.165, 1.54) is 12.0 Å². The summed E-state index contributed by atoms with van der Waals surface area (Å²) in [5, 5.41) is 10.4. The first-order valence-corrected chi connectivity index (χ1v) is 11.6.